The van der Waals surface area contributed by atoms with E-state index in [1.54, 1.807) is 24.3 Å². The monoisotopic (exact) mass is 368 g/mol. The molecule has 6 heteroatoms. The van der Waals surface area contributed by atoms with Gasteiger partial charge in [-0.2, -0.15) is 0 Å². The highest BCUT2D eigenvalue weighted by Crippen LogP contribution is 2.32. The molecule has 1 aliphatic heterocycles. The minimum Gasteiger partial charge on any atom is -0.457 e. The summed E-state index contributed by atoms with van der Waals surface area (Å²) < 4.78 is 18.6. The second-order valence-electron chi connectivity index (χ2n) is 7.10. The lowest BCUT2D eigenvalue weighted by Crippen LogP contribution is -2.33. The fourth-order valence-electron chi connectivity index (χ4n) is 3.29. The van der Waals surface area contributed by atoms with Crippen LogP contribution in [0.4, 0.5) is 4.39 Å². The van der Waals surface area contributed by atoms with Crippen LogP contribution in [0, 0.1) is 11.7 Å². The zero-order valence-corrected chi connectivity index (χ0v) is 14.9. The third-order valence-corrected chi connectivity index (χ3v) is 4.96. The second-order valence-corrected chi connectivity index (χ2v) is 7.10. The van der Waals surface area contributed by atoms with Gasteiger partial charge in [0.15, 0.2) is 0 Å². The largest absolute Gasteiger partial charge is 0.457 e. The molecule has 1 atom stereocenters. The number of benzene rings is 2. The van der Waals surface area contributed by atoms with E-state index in [0.717, 1.165) is 18.4 Å². The molecule has 2 amide bonds. The van der Waals surface area contributed by atoms with Gasteiger partial charge in [-0.1, -0.05) is 12.1 Å². The summed E-state index contributed by atoms with van der Waals surface area (Å²) in [6, 6.07) is 13.5. The van der Waals surface area contributed by atoms with Gasteiger partial charge in [-0.15, -0.1) is 0 Å². The lowest BCUT2D eigenvalue weighted by molar-refractivity contribution is -0.129. The highest BCUT2D eigenvalue weighted by atomic mass is 19.1. The molecule has 2 fully saturated rings. The van der Waals surface area contributed by atoms with Crippen molar-refractivity contribution in [3.8, 4) is 11.5 Å². The number of amides is 2. The van der Waals surface area contributed by atoms with Crippen LogP contribution >= 0.6 is 0 Å². The van der Waals surface area contributed by atoms with Gasteiger partial charge in [0.25, 0.3) is 0 Å². The van der Waals surface area contributed by atoms with Crippen molar-refractivity contribution in [2.45, 2.75) is 31.8 Å². The third-order valence-electron chi connectivity index (χ3n) is 4.96. The van der Waals surface area contributed by atoms with Crippen molar-refractivity contribution in [1.82, 2.24) is 10.2 Å². The van der Waals surface area contributed by atoms with Crippen molar-refractivity contribution in [2.24, 2.45) is 5.92 Å². The first-order valence-corrected chi connectivity index (χ1v) is 9.18. The van der Waals surface area contributed by atoms with Gasteiger partial charge < -0.3 is 15.0 Å². The van der Waals surface area contributed by atoms with E-state index in [1.165, 1.54) is 12.1 Å². The third kappa shape index (κ3) is 4.27. The molecule has 0 bridgehead atoms. The predicted octanol–water partition coefficient (Wildman–Crippen LogP) is 3.25. The maximum atomic E-state index is 12.9. The smallest absolute Gasteiger partial charge is 0.225 e. The fraction of sp³-hybridized carbons (Fsp3) is 0.333. The maximum Gasteiger partial charge on any atom is 0.225 e. The van der Waals surface area contributed by atoms with Crippen molar-refractivity contribution in [3.63, 3.8) is 0 Å². The molecule has 27 heavy (non-hydrogen) atoms. The summed E-state index contributed by atoms with van der Waals surface area (Å²) in [6.07, 6.45) is 2.44. The molecular formula is C21H21FN2O3. The number of carbonyl (C=O) groups excluding carboxylic acids is 2. The topological polar surface area (TPSA) is 58.6 Å². The Morgan fingerprint density at radius 2 is 1.70 bits per heavy atom. The highest BCUT2D eigenvalue weighted by Gasteiger charge is 2.41. The van der Waals surface area contributed by atoms with E-state index >= 15 is 0 Å². The minimum absolute atomic E-state index is 0.0712. The van der Waals surface area contributed by atoms with E-state index in [-0.39, 0.29) is 23.5 Å². The van der Waals surface area contributed by atoms with Crippen molar-refractivity contribution in [1.29, 1.82) is 0 Å². The molecule has 2 aromatic rings. The fourth-order valence-corrected chi connectivity index (χ4v) is 3.29. The Morgan fingerprint density at radius 1 is 1.07 bits per heavy atom. The molecule has 1 heterocycles. The first kappa shape index (κ1) is 17.5. The van der Waals surface area contributed by atoms with Crippen LogP contribution in [0.25, 0.3) is 0 Å². The summed E-state index contributed by atoms with van der Waals surface area (Å²) in [5.74, 6) is 0.664. The molecule has 2 aliphatic rings. The molecule has 1 unspecified atom stereocenters. The van der Waals surface area contributed by atoms with Gasteiger partial charge in [-0.05, 0) is 54.8 Å². The number of hydrogen-bond acceptors (Lipinski definition) is 3. The van der Waals surface area contributed by atoms with E-state index in [2.05, 4.69) is 5.32 Å². The van der Waals surface area contributed by atoms with Crippen molar-refractivity contribution in [2.75, 3.05) is 6.54 Å². The summed E-state index contributed by atoms with van der Waals surface area (Å²) >= 11 is 0. The first-order chi connectivity index (χ1) is 13.1. The Morgan fingerprint density at radius 3 is 2.33 bits per heavy atom. The van der Waals surface area contributed by atoms with Crippen LogP contribution in [0.1, 0.15) is 24.8 Å². The van der Waals surface area contributed by atoms with Crippen LogP contribution in [0.2, 0.25) is 0 Å². The van der Waals surface area contributed by atoms with Crippen molar-refractivity contribution in [3.05, 3.63) is 59.9 Å². The van der Waals surface area contributed by atoms with Gasteiger partial charge in [-0.25, -0.2) is 4.39 Å². The molecule has 140 valence electrons. The Bertz CT molecular complexity index is 832. The van der Waals surface area contributed by atoms with Crippen LogP contribution in [-0.4, -0.2) is 29.3 Å². The van der Waals surface area contributed by atoms with E-state index in [0.29, 0.717) is 37.1 Å². The van der Waals surface area contributed by atoms with Gasteiger partial charge in [0.2, 0.25) is 11.8 Å². The average Bonchev–Trinajstić information content (AvgIpc) is 3.44. The number of nitrogens with zero attached hydrogens (tertiary/aromatic N) is 1. The Labute approximate surface area is 157 Å². The predicted molar refractivity (Wildman–Crippen MR) is 97.6 cm³/mol. The zero-order chi connectivity index (χ0) is 18.8. The number of halogens is 1. The van der Waals surface area contributed by atoms with Gasteiger partial charge in [0, 0.05) is 25.6 Å². The minimum atomic E-state index is -0.308. The number of likely N-dealkylation sites (tertiary alicyclic amines) is 1. The summed E-state index contributed by atoms with van der Waals surface area (Å²) in [5, 5.41) is 2.92. The van der Waals surface area contributed by atoms with Crippen molar-refractivity contribution < 1.29 is 18.7 Å². The number of hydrogen-bond donors (Lipinski definition) is 1. The van der Waals surface area contributed by atoms with Gasteiger partial charge in [-0.3, -0.25) is 9.59 Å². The maximum absolute atomic E-state index is 12.9. The number of ether oxygens (including phenoxy) is 1. The van der Waals surface area contributed by atoms with E-state index < -0.39 is 0 Å². The van der Waals surface area contributed by atoms with Crippen molar-refractivity contribution >= 4 is 11.8 Å². The van der Waals surface area contributed by atoms with Crippen LogP contribution in [-0.2, 0) is 16.1 Å². The molecule has 0 radical (unpaired) electrons. The summed E-state index contributed by atoms with van der Waals surface area (Å²) in [5.41, 5.74) is 0.943. The molecular weight excluding hydrogens is 347 g/mol. The quantitative estimate of drug-likeness (QED) is 0.852. The molecule has 0 spiro atoms. The summed E-state index contributed by atoms with van der Waals surface area (Å²) in [4.78, 5) is 26.2. The Hall–Kier alpha value is -2.89. The standard InChI is InChI=1S/C21H21FN2O3/c22-16-3-9-19(10-4-16)27-18-7-1-14(2-8-18)12-23-21(26)15-11-20(25)24(13-15)17-5-6-17/h1-4,7-10,15,17H,5-6,11-13H2,(H,23,26). The lowest BCUT2D eigenvalue weighted by Gasteiger charge is -2.15. The second kappa shape index (κ2) is 7.39. The van der Waals surface area contributed by atoms with Crippen LogP contribution in [0.15, 0.2) is 48.5 Å². The normalized spacial score (nSPS) is 19.2. The molecule has 5 nitrogen and oxygen atoms in total. The van der Waals surface area contributed by atoms with Gasteiger partial charge in [0.1, 0.15) is 17.3 Å². The molecule has 1 saturated heterocycles. The molecule has 0 aromatic heterocycles. The number of carbonyl (C=O) groups is 2. The van der Waals surface area contributed by atoms with E-state index in [4.69, 9.17) is 4.74 Å². The summed E-state index contributed by atoms with van der Waals surface area (Å²) in [7, 11) is 0. The summed E-state index contributed by atoms with van der Waals surface area (Å²) in [6.45, 7) is 0.948. The molecule has 1 saturated carbocycles. The average molecular weight is 368 g/mol. The van der Waals surface area contributed by atoms with Gasteiger partial charge >= 0.3 is 0 Å². The Kier molecular flexibility index (Phi) is 4.79. The zero-order valence-electron chi connectivity index (χ0n) is 14.9. The first-order valence-electron chi connectivity index (χ1n) is 9.18. The molecule has 4 rings (SSSR count). The molecule has 2 aromatic carbocycles. The molecule has 1 aliphatic carbocycles. The van der Waals surface area contributed by atoms with E-state index in [1.807, 2.05) is 17.0 Å². The Balaban J connectivity index is 1.28. The van der Waals surface area contributed by atoms with Crippen LogP contribution in [0.5, 0.6) is 11.5 Å². The highest BCUT2D eigenvalue weighted by molar-refractivity contribution is 5.89. The molecule has 1 N–H and O–H groups in total. The van der Waals surface area contributed by atoms with Gasteiger partial charge in [0.05, 0.1) is 5.92 Å². The van der Waals surface area contributed by atoms with E-state index in [9.17, 15) is 14.0 Å². The van der Waals surface area contributed by atoms with Crippen LogP contribution < -0.4 is 10.1 Å². The SMILES string of the molecule is O=C(NCc1ccc(Oc2ccc(F)cc2)cc1)C1CC(=O)N(C2CC2)C1. The van der Waals surface area contributed by atoms with Crippen LogP contribution in [0.3, 0.4) is 0 Å². The lowest BCUT2D eigenvalue weighted by atomic mass is 10.1. The number of nitrogens with one attached hydrogen (secondary N) is 1. The number of rotatable bonds is 6.